The predicted octanol–water partition coefficient (Wildman–Crippen LogP) is 4.48. The second-order valence-corrected chi connectivity index (χ2v) is 12.1. The molecule has 4 aromatic rings. The SMILES string of the molecule is [B]c1cnn2c(NCC3CCN(S(=O)(=O)c4ccc(C(C)C)cc4)CC3)cc(-c3ccccc3Cl)nc12. The monoisotopic (exact) mass is 533 g/mol. The summed E-state index contributed by atoms with van der Waals surface area (Å²) in [6.07, 6.45) is 3.12. The van der Waals surface area contributed by atoms with Crippen molar-refractivity contribution in [3.8, 4) is 11.3 Å². The van der Waals surface area contributed by atoms with Gasteiger partial charge in [0.25, 0.3) is 0 Å². The number of fused-ring (bicyclic) bond motifs is 1. The minimum Gasteiger partial charge on any atom is -0.370 e. The summed E-state index contributed by atoms with van der Waals surface area (Å²) >= 11 is 6.42. The highest BCUT2D eigenvalue weighted by molar-refractivity contribution is 7.89. The molecule has 0 unspecified atom stereocenters. The van der Waals surface area contributed by atoms with Crippen LogP contribution in [0.2, 0.25) is 5.02 Å². The number of halogens is 1. The van der Waals surface area contributed by atoms with Crippen molar-refractivity contribution in [2.24, 2.45) is 5.92 Å². The van der Waals surface area contributed by atoms with Gasteiger partial charge in [0.05, 0.1) is 10.6 Å². The molecule has 0 amide bonds. The van der Waals surface area contributed by atoms with Crippen LogP contribution < -0.4 is 10.8 Å². The molecule has 0 bridgehead atoms. The van der Waals surface area contributed by atoms with Gasteiger partial charge >= 0.3 is 0 Å². The van der Waals surface area contributed by atoms with Gasteiger partial charge in [0, 0.05) is 42.5 Å². The topological polar surface area (TPSA) is 79.6 Å². The molecular formula is C27H29BClN5O2S. The molecule has 37 heavy (non-hydrogen) atoms. The van der Waals surface area contributed by atoms with E-state index in [1.807, 2.05) is 42.5 Å². The second kappa shape index (κ2) is 10.5. The fourth-order valence-corrected chi connectivity index (χ4v) is 6.39. The van der Waals surface area contributed by atoms with Gasteiger partial charge in [-0.2, -0.15) is 13.9 Å². The summed E-state index contributed by atoms with van der Waals surface area (Å²) in [7, 11) is 2.63. The molecule has 2 radical (unpaired) electrons. The Morgan fingerprint density at radius 3 is 2.49 bits per heavy atom. The van der Waals surface area contributed by atoms with E-state index in [4.69, 9.17) is 19.4 Å². The van der Waals surface area contributed by atoms with E-state index in [0.29, 0.717) is 58.2 Å². The molecule has 1 aliphatic rings. The number of nitrogens with one attached hydrogen (secondary N) is 1. The molecule has 1 saturated heterocycles. The molecule has 3 heterocycles. The number of rotatable bonds is 7. The van der Waals surface area contributed by atoms with Crippen molar-refractivity contribution in [2.45, 2.75) is 37.5 Å². The summed E-state index contributed by atoms with van der Waals surface area (Å²) in [4.78, 5) is 5.04. The van der Waals surface area contributed by atoms with Gasteiger partial charge in [0.15, 0.2) is 5.65 Å². The second-order valence-electron chi connectivity index (χ2n) is 9.79. The van der Waals surface area contributed by atoms with Crippen LogP contribution in [0.1, 0.15) is 38.2 Å². The minimum atomic E-state index is -3.50. The highest BCUT2D eigenvalue weighted by Gasteiger charge is 2.29. The maximum absolute atomic E-state index is 13.2. The summed E-state index contributed by atoms with van der Waals surface area (Å²) in [5, 5.41) is 8.48. The Hall–Kier alpha value is -2.88. The lowest BCUT2D eigenvalue weighted by molar-refractivity contribution is 0.282. The van der Waals surface area contributed by atoms with Crippen molar-refractivity contribution in [3.05, 3.63) is 71.4 Å². The van der Waals surface area contributed by atoms with Crippen LogP contribution in [0.4, 0.5) is 5.82 Å². The summed E-state index contributed by atoms with van der Waals surface area (Å²) < 4.78 is 29.6. The van der Waals surface area contributed by atoms with Gasteiger partial charge in [0.2, 0.25) is 10.0 Å². The summed E-state index contributed by atoms with van der Waals surface area (Å²) in [6, 6.07) is 16.7. The molecule has 0 saturated carbocycles. The number of benzene rings is 2. The van der Waals surface area contributed by atoms with E-state index >= 15 is 0 Å². The fraction of sp³-hybridized carbons (Fsp3) is 0.333. The quantitative estimate of drug-likeness (QED) is 0.354. The molecule has 1 aliphatic heterocycles. The van der Waals surface area contributed by atoms with E-state index < -0.39 is 10.0 Å². The van der Waals surface area contributed by atoms with Crippen LogP contribution in [0.5, 0.6) is 0 Å². The number of nitrogens with zero attached hydrogens (tertiary/aromatic N) is 4. The van der Waals surface area contributed by atoms with Crippen LogP contribution in [0, 0.1) is 5.92 Å². The number of hydrogen-bond acceptors (Lipinski definition) is 5. The first-order chi connectivity index (χ1) is 17.7. The maximum Gasteiger partial charge on any atom is 0.243 e. The summed E-state index contributed by atoms with van der Waals surface area (Å²) in [5.74, 6) is 1.44. The van der Waals surface area contributed by atoms with Crippen LogP contribution in [-0.2, 0) is 10.0 Å². The average molecular weight is 534 g/mol. The standard InChI is InChI=1S/C27H29BClN5O2S/c1-18(2)20-7-9-21(10-8-20)37(35,36)33-13-11-19(12-14-33)16-30-26-15-25(22-5-3-4-6-24(22)29)32-27-23(28)17-31-34(26)27/h3-10,15,17-19,30H,11-14,16H2,1-2H3. The molecule has 2 aromatic heterocycles. The normalized spacial score (nSPS) is 15.5. The highest BCUT2D eigenvalue weighted by atomic mass is 35.5. The smallest absolute Gasteiger partial charge is 0.243 e. The molecule has 10 heteroatoms. The van der Waals surface area contributed by atoms with E-state index in [-0.39, 0.29) is 0 Å². The molecule has 5 rings (SSSR count). The molecule has 190 valence electrons. The van der Waals surface area contributed by atoms with Gasteiger partial charge in [-0.25, -0.2) is 13.4 Å². The maximum atomic E-state index is 13.2. The van der Waals surface area contributed by atoms with Gasteiger partial charge in [-0.05, 0) is 53.9 Å². The lowest BCUT2D eigenvalue weighted by Gasteiger charge is -2.31. The van der Waals surface area contributed by atoms with Gasteiger partial charge in [-0.3, -0.25) is 0 Å². The zero-order valence-electron chi connectivity index (χ0n) is 20.9. The van der Waals surface area contributed by atoms with Gasteiger partial charge in [-0.15, -0.1) is 0 Å². The molecular weight excluding hydrogens is 505 g/mol. The number of piperidine rings is 1. The third-order valence-corrected chi connectivity index (χ3v) is 9.22. The first-order valence-electron chi connectivity index (χ1n) is 12.5. The van der Waals surface area contributed by atoms with Crippen molar-refractivity contribution >= 4 is 46.4 Å². The number of sulfonamides is 1. The van der Waals surface area contributed by atoms with Crippen LogP contribution in [0.3, 0.4) is 0 Å². The molecule has 2 aromatic carbocycles. The summed E-state index contributed by atoms with van der Waals surface area (Å²) in [6.45, 7) is 5.85. The predicted molar refractivity (Wildman–Crippen MR) is 149 cm³/mol. The fourth-order valence-electron chi connectivity index (χ4n) is 4.69. The Morgan fingerprint density at radius 1 is 1.11 bits per heavy atom. The van der Waals surface area contributed by atoms with Crippen LogP contribution >= 0.6 is 11.6 Å². The van der Waals surface area contributed by atoms with Crippen molar-refractivity contribution < 1.29 is 8.42 Å². The number of aromatic nitrogens is 3. The third kappa shape index (κ3) is 5.26. The Balaban J connectivity index is 1.28. The first-order valence-corrected chi connectivity index (χ1v) is 14.3. The van der Waals surface area contributed by atoms with Crippen LogP contribution in [0.15, 0.2) is 65.7 Å². The van der Waals surface area contributed by atoms with E-state index in [0.717, 1.165) is 29.8 Å². The molecule has 0 spiro atoms. The van der Waals surface area contributed by atoms with Crippen molar-refractivity contribution in [2.75, 3.05) is 25.0 Å². The number of anilines is 1. The zero-order chi connectivity index (χ0) is 26.2. The molecule has 0 atom stereocenters. The van der Waals surface area contributed by atoms with E-state index in [1.54, 1.807) is 27.2 Å². The first kappa shape index (κ1) is 25.8. The van der Waals surface area contributed by atoms with E-state index in [2.05, 4.69) is 29.2 Å². The van der Waals surface area contributed by atoms with E-state index in [1.165, 1.54) is 0 Å². The zero-order valence-corrected chi connectivity index (χ0v) is 22.5. The average Bonchev–Trinajstić information content (AvgIpc) is 3.28. The highest BCUT2D eigenvalue weighted by Crippen LogP contribution is 2.29. The minimum absolute atomic E-state index is 0.314. The van der Waals surface area contributed by atoms with Gasteiger partial charge in [-0.1, -0.05) is 55.8 Å². The number of hydrogen-bond donors (Lipinski definition) is 1. The Kier molecular flexibility index (Phi) is 7.29. The van der Waals surface area contributed by atoms with Crippen molar-refractivity contribution in [3.63, 3.8) is 0 Å². The lowest BCUT2D eigenvalue weighted by atomic mass is 9.98. The van der Waals surface area contributed by atoms with Gasteiger partial charge < -0.3 is 5.32 Å². The molecule has 1 N–H and O–H groups in total. The van der Waals surface area contributed by atoms with Crippen LogP contribution in [-0.4, -0.2) is 54.8 Å². The molecule has 0 aliphatic carbocycles. The van der Waals surface area contributed by atoms with Crippen LogP contribution in [0.25, 0.3) is 16.9 Å². The van der Waals surface area contributed by atoms with E-state index in [9.17, 15) is 8.42 Å². The lowest BCUT2D eigenvalue weighted by Crippen LogP contribution is -2.39. The van der Waals surface area contributed by atoms with Crippen molar-refractivity contribution in [1.82, 2.24) is 18.9 Å². The largest absolute Gasteiger partial charge is 0.370 e. The molecule has 1 fully saturated rings. The summed E-state index contributed by atoms with van der Waals surface area (Å²) in [5.41, 5.74) is 3.69. The Morgan fingerprint density at radius 2 is 1.81 bits per heavy atom. The molecule has 7 nitrogen and oxygen atoms in total. The third-order valence-electron chi connectivity index (χ3n) is 6.98. The van der Waals surface area contributed by atoms with Gasteiger partial charge in [0.1, 0.15) is 13.7 Å². The van der Waals surface area contributed by atoms with Crippen molar-refractivity contribution in [1.29, 1.82) is 0 Å². The Labute approximate surface area is 224 Å². The Bertz CT molecular complexity index is 1510.